The first-order valence-corrected chi connectivity index (χ1v) is 13.4. The maximum Gasteiger partial charge on any atom is 0.228 e. The zero-order valence-corrected chi connectivity index (χ0v) is 22.0. The lowest BCUT2D eigenvalue weighted by atomic mass is 10.0. The third-order valence-corrected chi connectivity index (χ3v) is 7.71. The Morgan fingerprint density at radius 1 is 1.14 bits per heavy atom. The number of hydrogen-bond donors (Lipinski definition) is 0. The predicted molar refractivity (Wildman–Crippen MR) is 143 cm³/mol. The number of para-hydroxylation sites is 2. The van der Waals surface area contributed by atoms with E-state index in [1.165, 1.54) is 12.1 Å². The van der Waals surface area contributed by atoms with Crippen molar-refractivity contribution in [2.45, 2.75) is 39.4 Å². The smallest absolute Gasteiger partial charge is 0.228 e. The van der Waals surface area contributed by atoms with Crippen LogP contribution in [0, 0.1) is 5.82 Å². The summed E-state index contributed by atoms with van der Waals surface area (Å²) in [5.74, 6) is 0.635. The number of rotatable bonds is 9. The van der Waals surface area contributed by atoms with E-state index in [1.807, 2.05) is 70.4 Å². The highest BCUT2D eigenvalue weighted by atomic mass is 32.1. The molecular weight excluding hydrogens is 487 g/mol. The number of hydrogen-bond acceptors (Lipinski definition) is 5. The maximum absolute atomic E-state index is 13.4. The third-order valence-electron chi connectivity index (χ3n) is 6.83. The number of amides is 1. The Morgan fingerprint density at radius 3 is 2.68 bits per heavy atom. The first kappa shape index (κ1) is 25.2. The number of benzene rings is 2. The van der Waals surface area contributed by atoms with Crippen molar-refractivity contribution in [1.82, 2.24) is 19.6 Å². The van der Waals surface area contributed by atoms with Gasteiger partial charge in [0.15, 0.2) is 0 Å². The summed E-state index contributed by atoms with van der Waals surface area (Å²) in [6, 6.07) is 18.6. The molecule has 5 rings (SSSR count). The van der Waals surface area contributed by atoms with Gasteiger partial charge in [-0.3, -0.25) is 9.69 Å². The van der Waals surface area contributed by atoms with Crippen molar-refractivity contribution < 1.29 is 13.9 Å². The van der Waals surface area contributed by atoms with Crippen LogP contribution in [0.3, 0.4) is 0 Å². The van der Waals surface area contributed by atoms with Gasteiger partial charge in [0.05, 0.1) is 31.5 Å². The molecule has 2 aromatic heterocycles. The number of fused-ring (bicyclic) bond motifs is 1. The van der Waals surface area contributed by atoms with E-state index in [1.54, 1.807) is 18.4 Å². The van der Waals surface area contributed by atoms with Crippen LogP contribution in [0.1, 0.15) is 34.3 Å². The second kappa shape index (κ2) is 11.3. The first-order chi connectivity index (χ1) is 18.1. The lowest BCUT2D eigenvalue weighted by Gasteiger charge is -2.28. The van der Waals surface area contributed by atoms with Crippen LogP contribution >= 0.6 is 11.3 Å². The lowest BCUT2D eigenvalue weighted by molar-refractivity contribution is -0.130. The quantitative estimate of drug-likeness (QED) is 0.305. The van der Waals surface area contributed by atoms with E-state index in [0.29, 0.717) is 26.1 Å². The Balaban J connectivity index is 1.46. The summed E-state index contributed by atoms with van der Waals surface area (Å²) in [6.45, 7) is 5.38. The summed E-state index contributed by atoms with van der Waals surface area (Å²) >= 11 is 1.60. The molecule has 1 amide bonds. The molecule has 2 aromatic carbocycles. The van der Waals surface area contributed by atoms with Crippen molar-refractivity contribution in [3.05, 3.63) is 99.3 Å². The van der Waals surface area contributed by atoms with Gasteiger partial charge in [0, 0.05) is 43.0 Å². The van der Waals surface area contributed by atoms with Gasteiger partial charge >= 0.3 is 0 Å². The van der Waals surface area contributed by atoms with Crippen LogP contribution in [-0.2, 0) is 37.3 Å². The molecule has 0 radical (unpaired) electrons. The van der Waals surface area contributed by atoms with Crippen LogP contribution in [-0.4, -0.2) is 45.7 Å². The van der Waals surface area contributed by atoms with Gasteiger partial charge < -0.3 is 9.64 Å². The van der Waals surface area contributed by atoms with Gasteiger partial charge in [-0.1, -0.05) is 30.3 Å². The molecule has 4 aromatic rings. The second-order valence-electron chi connectivity index (χ2n) is 9.21. The molecule has 0 bridgehead atoms. The molecule has 3 heterocycles. The van der Waals surface area contributed by atoms with E-state index < -0.39 is 0 Å². The molecule has 0 unspecified atom stereocenters. The Bertz CT molecular complexity index is 1350. The van der Waals surface area contributed by atoms with Gasteiger partial charge in [-0.15, -0.1) is 11.3 Å². The normalized spacial score (nSPS) is 13.4. The molecule has 0 fully saturated rings. The molecule has 0 aliphatic carbocycles. The Kier molecular flexibility index (Phi) is 7.67. The van der Waals surface area contributed by atoms with Crippen LogP contribution in [0.25, 0.3) is 5.69 Å². The number of carbonyl (C=O) groups is 1. The molecular formula is C29H31FN4O2S. The largest absolute Gasteiger partial charge is 0.494 e. The zero-order chi connectivity index (χ0) is 25.8. The molecule has 0 saturated heterocycles. The fourth-order valence-corrected chi connectivity index (χ4v) is 5.58. The Morgan fingerprint density at radius 2 is 1.95 bits per heavy atom. The highest BCUT2D eigenvalue weighted by molar-refractivity contribution is 7.10. The van der Waals surface area contributed by atoms with Gasteiger partial charge in [0.1, 0.15) is 17.3 Å². The fraction of sp³-hybridized carbons (Fsp3) is 0.310. The van der Waals surface area contributed by atoms with E-state index in [0.717, 1.165) is 58.3 Å². The number of nitrogens with zero attached hydrogens (tertiary/aromatic N) is 4. The molecule has 0 N–H and O–H groups in total. The monoisotopic (exact) mass is 518 g/mol. The van der Waals surface area contributed by atoms with E-state index >= 15 is 0 Å². The standard InChI is InChI=1S/C29H31FN4O2S/c1-3-33(29(35)17-23-7-6-16-37-23)20-25-24-19-32(18-21-10-12-22(30)13-11-21)15-14-26(24)34(31-25)27-8-4-5-9-28(27)36-2/h4-13,16H,3,14-15,17-20H2,1-2H3. The second-order valence-corrected chi connectivity index (χ2v) is 10.2. The van der Waals surface area contributed by atoms with Gasteiger partial charge in [0.25, 0.3) is 0 Å². The number of likely N-dealkylation sites (N-methyl/N-ethyl adjacent to an activating group) is 1. The summed E-state index contributed by atoms with van der Waals surface area (Å²) in [4.78, 5) is 18.5. The van der Waals surface area contributed by atoms with Crippen molar-refractivity contribution in [1.29, 1.82) is 0 Å². The molecule has 1 aliphatic rings. The van der Waals surface area contributed by atoms with Crippen LogP contribution in [0.2, 0.25) is 0 Å². The van der Waals surface area contributed by atoms with Crippen LogP contribution in [0.5, 0.6) is 5.75 Å². The minimum Gasteiger partial charge on any atom is -0.494 e. The minimum atomic E-state index is -0.225. The molecule has 8 heteroatoms. The Hall–Kier alpha value is -3.49. The molecule has 0 spiro atoms. The average Bonchev–Trinajstić information content (AvgIpc) is 3.56. The lowest BCUT2D eigenvalue weighted by Crippen LogP contribution is -2.33. The van der Waals surface area contributed by atoms with Crippen LogP contribution in [0.4, 0.5) is 4.39 Å². The van der Waals surface area contributed by atoms with E-state index in [9.17, 15) is 9.18 Å². The van der Waals surface area contributed by atoms with Crippen LogP contribution < -0.4 is 4.74 Å². The molecule has 0 saturated carbocycles. The summed E-state index contributed by atoms with van der Waals surface area (Å²) in [6.07, 6.45) is 1.22. The molecule has 6 nitrogen and oxygen atoms in total. The summed E-state index contributed by atoms with van der Waals surface area (Å²) in [5, 5.41) is 7.06. The number of carbonyl (C=O) groups excluding carboxylic acids is 1. The highest BCUT2D eigenvalue weighted by Gasteiger charge is 2.28. The van der Waals surface area contributed by atoms with E-state index in [2.05, 4.69) is 4.90 Å². The molecule has 0 atom stereocenters. The van der Waals surface area contributed by atoms with Crippen molar-refractivity contribution in [3.8, 4) is 11.4 Å². The Labute approximate surface area is 220 Å². The van der Waals surface area contributed by atoms with Gasteiger partial charge in [-0.25, -0.2) is 9.07 Å². The van der Waals surface area contributed by atoms with Gasteiger partial charge in [0.2, 0.25) is 5.91 Å². The number of halogens is 1. The van der Waals surface area contributed by atoms with E-state index in [-0.39, 0.29) is 11.7 Å². The number of ether oxygens (including phenoxy) is 1. The van der Waals surface area contributed by atoms with Crippen molar-refractivity contribution in [2.75, 3.05) is 20.2 Å². The topological polar surface area (TPSA) is 50.6 Å². The number of methoxy groups -OCH3 is 1. The fourth-order valence-electron chi connectivity index (χ4n) is 4.89. The zero-order valence-electron chi connectivity index (χ0n) is 21.2. The molecule has 1 aliphatic heterocycles. The molecule has 192 valence electrons. The van der Waals surface area contributed by atoms with Gasteiger partial charge in [-0.2, -0.15) is 5.10 Å². The average molecular weight is 519 g/mol. The van der Waals surface area contributed by atoms with Crippen molar-refractivity contribution in [3.63, 3.8) is 0 Å². The number of aromatic nitrogens is 2. The molecule has 37 heavy (non-hydrogen) atoms. The van der Waals surface area contributed by atoms with Crippen molar-refractivity contribution in [2.24, 2.45) is 0 Å². The summed E-state index contributed by atoms with van der Waals surface area (Å²) in [7, 11) is 1.67. The van der Waals surface area contributed by atoms with Crippen molar-refractivity contribution >= 4 is 17.2 Å². The minimum absolute atomic E-state index is 0.101. The first-order valence-electron chi connectivity index (χ1n) is 12.6. The van der Waals surface area contributed by atoms with Gasteiger partial charge in [-0.05, 0) is 48.2 Å². The van der Waals surface area contributed by atoms with E-state index in [4.69, 9.17) is 9.84 Å². The summed E-state index contributed by atoms with van der Waals surface area (Å²) in [5.41, 5.74) is 5.18. The SMILES string of the molecule is CCN(Cc1nn(-c2ccccc2OC)c2c1CN(Cc1ccc(F)cc1)CC2)C(=O)Cc1cccs1. The highest BCUT2D eigenvalue weighted by Crippen LogP contribution is 2.31. The summed E-state index contributed by atoms with van der Waals surface area (Å²) < 4.78 is 21.1. The van der Waals surface area contributed by atoms with Crippen LogP contribution in [0.15, 0.2) is 66.0 Å². The third kappa shape index (κ3) is 5.60. The predicted octanol–water partition coefficient (Wildman–Crippen LogP) is 5.23. The number of thiophene rings is 1. The maximum atomic E-state index is 13.4.